The average Bonchev–Trinajstić information content (AvgIpc) is 2.92. The molecule has 8 rings (SSSR count). The van der Waals surface area contributed by atoms with E-state index in [1.165, 1.54) is 66.6 Å². The number of benzene rings is 5. The van der Waals surface area contributed by atoms with E-state index in [1.54, 1.807) is 11.0 Å². The minimum atomic E-state index is 0.340. The van der Waals surface area contributed by atoms with Gasteiger partial charge in [-0.15, -0.1) is 0 Å². The van der Waals surface area contributed by atoms with Crippen LogP contribution in [0, 0.1) is 6.92 Å². The van der Waals surface area contributed by atoms with Crippen molar-refractivity contribution in [1.82, 2.24) is 0 Å². The van der Waals surface area contributed by atoms with Crippen LogP contribution in [-0.4, -0.2) is 6.71 Å². The van der Waals surface area contributed by atoms with Gasteiger partial charge in [0.1, 0.15) is 0 Å². The molecule has 0 saturated heterocycles. The largest absolute Gasteiger partial charge is 0.242 e. The Hall–Kier alpha value is -3.84. The van der Waals surface area contributed by atoms with Crippen LogP contribution in [0.3, 0.4) is 0 Å². The smallest absolute Gasteiger partial charge is 0.0667 e. The van der Waals surface area contributed by atoms with Crippen molar-refractivity contribution in [2.75, 3.05) is 0 Å². The van der Waals surface area contributed by atoms with Gasteiger partial charge < -0.3 is 0 Å². The summed E-state index contributed by atoms with van der Waals surface area (Å²) < 4.78 is 0. The Labute approximate surface area is 213 Å². The lowest BCUT2D eigenvalue weighted by Crippen LogP contribution is -2.61. The zero-order chi connectivity index (χ0) is 23.8. The van der Waals surface area contributed by atoms with Crippen molar-refractivity contribution in [3.8, 4) is 11.1 Å². The highest BCUT2D eigenvalue weighted by Crippen LogP contribution is 2.38. The molecule has 0 spiro atoms. The first-order valence-electron chi connectivity index (χ1n) is 13.2. The van der Waals surface area contributed by atoms with E-state index in [-0.39, 0.29) is 0 Å². The maximum atomic E-state index is 2.44. The Kier molecular flexibility index (Phi) is 4.29. The van der Waals surface area contributed by atoms with Crippen molar-refractivity contribution in [1.29, 1.82) is 0 Å². The molecule has 0 bridgehead atoms. The second-order valence-electron chi connectivity index (χ2n) is 10.9. The summed E-state index contributed by atoms with van der Waals surface area (Å²) in [7, 11) is 0. The molecular formula is C35H27B. The van der Waals surface area contributed by atoms with E-state index in [0.717, 1.165) is 25.7 Å². The molecule has 0 nitrogen and oxygen atoms in total. The molecule has 0 amide bonds. The van der Waals surface area contributed by atoms with Crippen LogP contribution in [-0.2, 0) is 25.7 Å². The second kappa shape index (κ2) is 7.58. The molecule has 0 N–H and O–H groups in total. The summed E-state index contributed by atoms with van der Waals surface area (Å²) in [6.45, 7) is 2.61. The van der Waals surface area contributed by atoms with E-state index in [1.807, 2.05) is 0 Å². The van der Waals surface area contributed by atoms with Gasteiger partial charge in [0.15, 0.2) is 0 Å². The molecule has 0 saturated carbocycles. The van der Waals surface area contributed by atoms with Gasteiger partial charge in [-0.05, 0) is 93.8 Å². The molecule has 1 heteroatoms. The summed E-state index contributed by atoms with van der Waals surface area (Å²) in [5.74, 6) is 0. The third-order valence-corrected chi connectivity index (χ3v) is 9.02. The van der Waals surface area contributed by atoms with Crippen LogP contribution in [0.25, 0.3) is 11.1 Å². The van der Waals surface area contributed by atoms with Crippen LogP contribution < -0.4 is 16.4 Å². The lowest BCUT2D eigenvalue weighted by molar-refractivity contribution is 0.987. The van der Waals surface area contributed by atoms with E-state index in [2.05, 4.69) is 104 Å². The van der Waals surface area contributed by atoms with Gasteiger partial charge >= 0.3 is 0 Å². The fourth-order valence-electron chi connectivity index (χ4n) is 7.32. The summed E-state index contributed by atoms with van der Waals surface area (Å²) in [6, 6.07) is 37.0. The first-order chi connectivity index (χ1) is 17.8. The minimum Gasteiger partial charge on any atom is -0.0667 e. The average molecular weight is 458 g/mol. The number of hydrogen-bond donors (Lipinski definition) is 0. The molecule has 2 aliphatic heterocycles. The topological polar surface area (TPSA) is 0 Å². The van der Waals surface area contributed by atoms with E-state index in [9.17, 15) is 0 Å². The summed E-state index contributed by atoms with van der Waals surface area (Å²) in [4.78, 5) is 0. The molecule has 0 aromatic heterocycles. The molecule has 0 unspecified atom stereocenters. The van der Waals surface area contributed by atoms with Gasteiger partial charge in [-0.1, -0.05) is 113 Å². The van der Waals surface area contributed by atoms with E-state index in [0.29, 0.717) is 6.71 Å². The lowest BCUT2D eigenvalue weighted by Gasteiger charge is -2.35. The molecule has 2 heterocycles. The Balaban J connectivity index is 1.36. The molecule has 170 valence electrons. The van der Waals surface area contributed by atoms with Crippen molar-refractivity contribution in [2.24, 2.45) is 0 Å². The Morgan fingerprint density at radius 1 is 0.444 bits per heavy atom. The highest BCUT2D eigenvalue weighted by Gasteiger charge is 2.37. The van der Waals surface area contributed by atoms with Gasteiger partial charge in [-0.25, -0.2) is 0 Å². The lowest BCUT2D eigenvalue weighted by atomic mass is 9.30. The predicted octanol–water partition coefficient (Wildman–Crippen LogP) is 5.48. The SMILES string of the molecule is Cc1cccc2c1Cc1c(cccc1-c1ccc3c4c1Cc1ccccc1B4c1ccccc1C3)C2. The second-order valence-corrected chi connectivity index (χ2v) is 10.9. The van der Waals surface area contributed by atoms with Crippen molar-refractivity contribution >= 4 is 23.1 Å². The zero-order valence-electron chi connectivity index (χ0n) is 20.6. The number of hydrogen-bond acceptors (Lipinski definition) is 0. The summed E-state index contributed by atoms with van der Waals surface area (Å²) in [6.07, 6.45) is 4.13. The normalized spacial score (nSPS) is 14.3. The molecule has 3 aliphatic rings. The highest BCUT2D eigenvalue weighted by atomic mass is 14.3. The van der Waals surface area contributed by atoms with Crippen molar-refractivity contribution < 1.29 is 0 Å². The van der Waals surface area contributed by atoms with Gasteiger partial charge in [0, 0.05) is 0 Å². The summed E-state index contributed by atoms with van der Waals surface area (Å²) >= 11 is 0. The molecule has 36 heavy (non-hydrogen) atoms. The van der Waals surface area contributed by atoms with Gasteiger partial charge in [0.05, 0.1) is 0 Å². The molecule has 0 fully saturated rings. The van der Waals surface area contributed by atoms with Crippen molar-refractivity contribution in [2.45, 2.75) is 32.6 Å². The summed E-state index contributed by atoms with van der Waals surface area (Å²) in [5.41, 5.74) is 21.0. The quantitative estimate of drug-likeness (QED) is 0.286. The maximum absolute atomic E-state index is 2.44. The van der Waals surface area contributed by atoms with Crippen LogP contribution in [0.5, 0.6) is 0 Å². The van der Waals surface area contributed by atoms with Gasteiger partial charge in [-0.3, -0.25) is 0 Å². The van der Waals surface area contributed by atoms with Crippen molar-refractivity contribution in [3.63, 3.8) is 0 Å². The third-order valence-electron chi connectivity index (χ3n) is 9.02. The van der Waals surface area contributed by atoms with Crippen LogP contribution in [0.2, 0.25) is 0 Å². The van der Waals surface area contributed by atoms with Gasteiger partial charge in [0.25, 0.3) is 0 Å². The van der Waals surface area contributed by atoms with Crippen LogP contribution in [0.4, 0.5) is 0 Å². The van der Waals surface area contributed by atoms with E-state index < -0.39 is 0 Å². The Morgan fingerprint density at radius 3 is 1.86 bits per heavy atom. The monoisotopic (exact) mass is 458 g/mol. The molecule has 5 aromatic rings. The fraction of sp³-hybridized carbons (Fsp3) is 0.143. The number of fused-ring (bicyclic) bond motifs is 6. The Morgan fingerprint density at radius 2 is 1.06 bits per heavy atom. The molecule has 0 radical (unpaired) electrons. The van der Waals surface area contributed by atoms with Crippen LogP contribution >= 0.6 is 0 Å². The maximum Gasteiger partial charge on any atom is 0.242 e. The molecular weight excluding hydrogens is 431 g/mol. The zero-order valence-corrected chi connectivity index (χ0v) is 20.6. The molecule has 0 atom stereocenters. The standard InChI is InChI=1S/C35H27B/c1-22-8-6-11-23-18-24-12-7-13-28(31(24)21-30(22)23)29-17-16-27-19-25-9-2-4-14-33(25)36-34-15-5-3-10-26(34)20-32(29)35(27)36/h2-17H,18-21H2,1H3. The van der Waals surface area contributed by atoms with Crippen molar-refractivity contribution in [3.05, 3.63) is 147 Å². The first kappa shape index (κ1) is 20.4. The van der Waals surface area contributed by atoms with Crippen LogP contribution in [0.15, 0.2) is 97.1 Å². The molecule has 5 aromatic carbocycles. The first-order valence-corrected chi connectivity index (χ1v) is 13.2. The number of aryl methyl sites for hydroxylation is 1. The third kappa shape index (κ3) is 2.83. The fourth-order valence-corrected chi connectivity index (χ4v) is 7.32. The number of rotatable bonds is 1. The van der Waals surface area contributed by atoms with Gasteiger partial charge in [0.2, 0.25) is 6.71 Å². The van der Waals surface area contributed by atoms with E-state index >= 15 is 0 Å². The minimum absolute atomic E-state index is 0.340. The summed E-state index contributed by atoms with van der Waals surface area (Å²) in [5, 5.41) is 0. The Bertz CT molecular complexity index is 1700. The van der Waals surface area contributed by atoms with Gasteiger partial charge in [-0.2, -0.15) is 0 Å². The predicted molar refractivity (Wildman–Crippen MR) is 152 cm³/mol. The highest BCUT2D eigenvalue weighted by molar-refractivity contribution is 6.97. The van der Waals surface area contributed by atoms with Crippen LogP contribution in [0.1, 0.15) is 50.1 Å². The molecule has 1 aliphatic carbocycles. The van der Waals surface area contributed by atoms with E-state index in [4.69, 9.17) is 0 Å².